The Morgan fingerprint density at radius 1 is 1.09 bits per heavy atom. The molecule has 1 aliphatic heterocycles. The molecule has 0 radical (unpaired) electrons. The number of benzene rings is 2. The standard InChI is InChI=1S/C24H21F3N4O4/c1-2-35-24(34)30-10-9-17-20(12-30)29-22(14-3-5-15(25)6-4-14)31(23(17)33)13-21(32)28-19-8-7-16(26)11-18(19)27/h3-8,11H,2,9-10,12-13H2,1H3,(H,28,32). The van der Waals surface area contributed by atoms with Gasteiger partial charge in [-0.3, -0.25) is 14.2 Å². The summed E-state index contributed by atoms with van der Waals surface area (Å²) in [4.78, 5) is 44.2. The molecule has 0 saturated carbocycles. The van der Waals surface area contributed by atoms with Crippen molar-refractivity contribution in [3.63, 3.8) is 0 Å². The lowest BCUT2D eigenvalue weighted by atomic mass is 10.1. The van der Waals surface area contributed by atoms with E-state index >= 15 is 0 Å². The zero-order valence-corrected chi connectivity index (χ0v) is 18.7. The van der Waals surface area contributed by atoms with Gasteiger partial charge in [-0.05, 0) is 49.7 Å². The van der Waals surface area contributed by atoms with E-state index in [-0.39, 0.29) is 37.6 Å². The summed E-state index contributed by atoms with van der Waals surface area (Å²) in [6.07, 6.45) is -0.342. The van der Waals surface area contributed by atoms with E-state index in [1.807, 2.05) is 0 Å². The lowest BCUT2D eigenvalue weighted by Gasteiger charge is -2.28. The first kappa shape index (κ1) is 24.0. The number of hydrogen-bond acceptors (Lipinski definition) is 5. The number of nitrogens with zero attached hydrogens (tertiary/aromatic N) is 3. The number of carbonyl (C=O) groups is 2. The number of amides is 2. The van der Waals surface area contributed by atoms with Crippen molar-refractivity contribution in [2.45, 2.75) is 26.4 Å². The van der Waals surface area contributed by atoms with Crippen LogP contribution in [0.3, 0.4) is 0 Å². The largest absolute Gasteiger partial charge is 0.450 e. The molecule has 1 N–H and O–H groups in total. The van der Waals surface area contributed by atoms with E-state index in [0.717, 1.165) is 16.7 Å². The second kappa shape index (κ2) is 10.00. The average Bonchev–Trinajstić information content (AvgIpc) is 2.83. The van der Waals surface area contributed by atoms with Crippen molar-refractivity contribution in [3.8, 4) is 11.4 Å². The van der Waals surface area contributed by atoms with Crippen LogP contribution >= 0.6 is 0 Å². The van der Waals surface area contributed by atoms with Crippen molar-refractivity contribution < 1.29 is 27.5 Å². The van der Waals surface area contributed by atoms with Crippen molar-refractivity contribution >= 4 is 17.7 Å². The highest BCUT2D eigenvalue weighted by molar-refractivity contribution is 5.91. The molecule has 0 saturated heterocycles. The lowest BCUT2D eigenvalue weighted by molar-refractivity contribution is -0.116. The van der Waals surface area contributed by atoms with E-state index in [2.05, 4.69) is 10.3 Å². The van der Waals surface area contributed by atoms with E-state index in [4.69, 9.17) is 4.74 Å². The Morgan fingerprint density at radius 2 is 1.80 bits per heavy atom. The Bertz CT molecular complexity index is 1340. The van der Waals surface area contributed by atoms with Gasteiger partial charge in [0.15, 0.2) is 0 Å². The van der Waals surface area contributed by atoms with Gasteiger partial charge in [0.1, 0.15) is 29.8 Å². The van der Waals surface area contributed by atoms with Crippen LogP contribution in [0.4, 0.5) is 23.7 Å². The highest BCUT2D eigenvalue weighted by Crippen LogP contribution is 2.22. The third kappa shape index (κ3) is 5.18. The summed E-state index contributed by atoms with van der Waals surface area (Å²) in [5.74, 6) is -2.93. The van der Waals surface area contributed by atoms with Crippen molar-refractivity contribution in [1.29, 1.82) is 0 Å². The molecule has 0 spiro atoms. The van der Waals surface area contributed by atoms with Crippen molar-refractivity contribution in [2.24, 2.45) is 0 Å². The van der Waals surface area contributed by atoms with Crippen LogP contribution in [-0.4, -0.2) is 39.6 Å². The molecule has 2 heterocycles. The molecule has 0 bridgehead atoms. The number of aromatic nitrogens is 2. The van der Waals surface area contributed by atoms with Crippen LogP contribution in [0, 0.1) is 17.5 Å². The van der Waals surface area contributed by atoms with Crippen LogP contribution in [0.1, 0.15) is 18.2 Å². The van der Waals surface area contributed by atoms with Crippen LogP contribution in [0.2, 0.25) is 0 Å². The molecule has 1 aliphatic rings. The smallest absolute Gasteiger partial charge is 0.410 e. The molecule has 3 aromatic rings. The number of rotatable bonds is 5. The molecule has 8 nitrogen and oxygen atoms in total. The van der Waals surface area contributed by atoms with E-state index in [9.17, 15) is 27.6 Å². The predicted molar refractivity (Wildman–Crippen MR) is 120 cm³/mol. The van der Waals surface area contributed by atoms with Crippen LogP contribution in [-0.2, 0) is 29.0 Å². The Morgan fingerprint density at radius 3 is 2.49 bits per heavy atom. The number of nitrogens with one attached hydrogen (secondary N) is 1. The maximum atomic E-state index is 14.0. The summed E-state index contributed by atoms with van der Waals surface area (Å²) in [6.45, 7) is 1.62. The minimum atomic E-state index is -0.966. The van der Waals surface area contributed by atoms with E-state index in [0.29, 0.717) is 22.9 Å². The number of anilines is 1. The Kier molecular flexibility index (Phi) is 6.85. The topological polar surface area (TPSA) is 93.5 Å². The SMILES string of the molecule is CCOC(=O)N1CCc2c(nc(-c3ccc(F)cc3)n(CC(=O)Nc3ccc(F)cc3F)c2=O)C1. The molecular formula is C24H21F3N4O4. The predicted octanol–water partition coefficient (Wildman–Crippen LogP) is 3.48. The molecule has 2 amide bonds. The molecule has 35 heavy (non-hydrogen) atoms. The molecule has 11 heteroatoms. The Labute approximate surface area is 198 Å². The van der Waals surface area contributed by atoms with Gasteiger partial charge >= 0.3 is 6.09 Å². The second-order valence-corrected chi connectivity index (χ2v) is 7.80. The van der Waals surface area contributed by atoms with Gasteiger partial charge in [0.05, 0.1) is 24.5 Å². The first-order valence-electron chi connectivity index (χ1n) is 10.8. The molecule has 0 aliphatic carbocycles. The number of halogens is 3. The van der Waals surface area contributed by atoms with Crippen LogP contribution < -0.4 is 10.9 Å². The Hall–Kier alpha value is -4.15. The zero-order valence-electron chi connectivity index (χ0n) is 18.7. The number of carbonyl (C=O) groups excluding carboxylic acids is 2. The fourth-order valence-electron chi connectivity index (χ4n) is 3.79. The van der Waals surface area contributed by atoms with Gasteiger partial charge in [0.25, 0.3) is 5.56 Å². The zero-order chi connectivity index (χ0) is 25.1. The van der Waals surface area contributed by atoms with Gasteiger partial charge in [0.2, 0.25) is 5.91 Å². The summed E-state index contributed by atoms with van der Waals surface area (Å²) < 4.78 is 46.8. The summed E-state index contributed by atoms with van der Waals surface area (Å²) >= 11 is 0. The van der Waals surface area contributed by atoms with Crippen molar-refractivity contribution in [2.75, 3.05) is 18.5 Å². The van der Waals surface area contributed by atoms with Gasteiger partial charge in [-0.1, -0.05) is 0 Å². The average molecular weight is 486 g/mol. The van der Waals surface area contributed by atoms with Gasteiger partial charge in [-0.2, -0.15) is 0 Å². The van der Waals surface area contributed by atoms with Gasteiger partial charge < -0.3 is 15.0 Å². The molecule has 0 atom stereocenters. The molecule has 182 valence electrons. The molecular weight excluding hydrogens is 465 g/mol. The third-order valence-corrected chi connectivity index (χ3v) is 5.46. The summed E-state index contributed by atoms with van der Waals surface area (Å²) in [5.41, 5.74) is 0.281. The summed E-state index contributed by atoms with van der Waals surface area (Å²) in [5, 5.41) is 2.32. The first-order valence-corrected chi connectivity index (χ1v) is 10.8. The van der Waals surface area contributed by atoms with Crippen molar-refractivity contribution in [3.05, 3.63) is 81.5 Å². The maximum absolute atomic E-state index is 14.0. The normalized spacial score (nSPS) is 12.7. The van der Waals surface area contributed by atoms with Crippen LogP contribution in [0.15, 0.2) is 47.3 Å². The molecule has 1 aromatic heterocycles. The fourth-order valence-corrected chi connectivity index (χ4v) is 3.79. The van der Waals surface area contributed by atoms with Gasteiger partial charge in [-0.15, -0.1) is 0 Å². The molecule has 2 aromatic carbocycles. The van der Waals surface area contributed by atoms with E-state index in [1.165, 1.54) is 29.2 Å². The van der Waals surface area contributed by atoms with Crippen molar-refractivity contribution in [1.82, 2.24) is 14.5 Å². The molecule has 0 unspecified atom stereocenters. The highest BCUT2D eigenvalue weighted by Gasteiger charge is 2.27. The fraction of sp³-hybridized carbons (Fsp3) is 0.250. The monoisotopic (exact) mass is 486 g/mol. The highest BCUT2D eigenvalue weighted by atomic mass is 19.1. The molecule has 0 fully saturated rings. The minimum Gasteiger partial charge on any atom is -0.450 e. The number of hydrogen-bond donors (Lipinski definition) is 1. The van der Waals surface area contributed by atoms with Crippen LogP contribution in [0.25, 0.3) is 11.4 Å². The summed E-state index contributed by atoms with van der Waals surface area (Å²) in [7, 11) is 0. The quantitative estimate of drug-likeness (QED) is 0.596. The Balaban J connectivity index is 1.71. The number of ether oxygens (including phenoxy) is 1. The van der Waals surface area contributed by atoms with E-state index in [1.54, 1.807) is 6.92 Å². The third-order valence-electron chi connectivity index (χ3n) is 5.46. The minimum absolute atomic E-state index is 0.0332. The summed E-state index contributed by atoms with van der Waals surface area (Å²) in [6, 6.07) is 7.87. The van der Waals surface area contributed by atoms with Gasteiger partial charge in [-0.25, -0.2) is 22.9 Å². The van der Waals surface area contributed by atoms with Gasteiger partial charge in [0, 0.05) is 23.7 Å². The first-order chi connectivity index (χ1) is 16.8. The lowest BCUT2D eigenvalue weighted by Crippen LogP contribution is -2.42. The van der Waals surface area contributed by atoms with E-state index < -0.39 is 41.6 Å². The maximum Gasteiger partial charge on any atom is 0.410 e. The molecule has 4 rings (SSSR count). The second-order valence-electron chi connectivity index (χ2n) is 7.80. The number of fused-ring (bicyclic) bond motifs is 1. The van der Waals surface area contributed by atoms with Crippen LogP contribution in [0.5, 0.6) is 0 Å².